The zero-order valence-electron chi connectivity index (χ0n) is 16.4. The van der Waals surface area contributed by atoms with Crippen LogP contribution in [-0.4, -0.2) is 19.9 Å². The number of amides is 1. The fourth-order valence-corrected chi connectivity index (χ4v) is 4.02. The van der Waals surface area contributed by atoms with Crippen LogP contribution in [0.4, 0.5) is 5.69 Å². The Morgan fingerprint density at radius 1 is 0.926 bits per heavy atom. The van der Waals surface area contributed by atoms with E-state index >= 15 is 0 Å². The van der Waals surface area contributed by atoms with E-state index in [1.165, 1.54) is 5.56 Å². The summed E-state index contributed by atoms with van der Waals surface area (Å²) in [5.41, 5.74) is 2.39. The Balaban J connectivity index is 1.91. The van der Waals surface area contributed by atoms with Gasteiger partial charge in [0.2, 0.25) is 15.9 Å². The summed E-state index contributed by atoms with van der Waals surface area (Å²) in [6.45, 7) is 7.48. The van der Waals surface area contributed by atoms with E-state index in [0.717, 1.165) is 17.7 Å². The summed E-state index contributed by atoms with van der Waals surface area (Å²) in [6.07, 6.45) is 1.85. The van der Waals surface area contributed by atoms with Crippen LogP contribution in [0, 0.1) is 0 Å². The SMILES string of the molecule is CCc1ccc(NC(=O)CCc2ccc(S(=O)(=O)NC(C)(C)C)cc2)cc1. The molecule has 0 aliphatic carbocycles. The van der Waals surface area contributed by atoms with Crippen LogP contribution < -0.4 is 10.0 Å². The molecule has 6 heteroatoms. The molecule has 0 spiro atoms. The van der Waals surface area contributed by atoms with Gasteiger partial charge in [0.05, 0.1) is 4.90 Å². The van der Waals surface area contributed by atoms with Gasteiger partial charge in [0.15, 0.2) is 0 Å². The Bertz CT molecular complexity index is 865. The summed E-state index contributed by atoms with van der Waals surface area (Å²) in [6, 6.07) is 14.5. The minimum atomic E-state index is -3.54. The number of anilines is 1. The second-order valence-corrected chi connectivity index (χ2v) is 9.28. The van der Waals surface area contributed by atoms with Gasteiger partial charge in [-0.15, -0.1) is 0 Å². The average molecular weight is 389 g/mol. The maximum atomic E-state index is 12.3. The minimum Gasteiger partial charge on any atom is -0.326 e. The van der Waals surface area contributed by atoms with Crippen LogP contribution in [-0.2, 0) is 27.7 Å². The lowest BCUT2D eigenvalue weighted by molar-refractivity contribution is -0.116. The molecule has 0 fully saturated rings. The van der Waals surface area contributed by atoms with Gasteiger partial charge < -0.3 is 5.32 Å². The van der Waals surface area contributed by atoms with Crippen LogP contribution >= 0.6 is 0 Å². The predicted molar refractivity (Wildman–Crippen MR) is 109 cm³/mol. The molecule has 0 saturated carbocycles. The third-order valence-corrected chi connectivity index (χ3v) is 5.73. The molecule has 5 nitrogen and oxygen atoms in total. The van der Waals surface area contributed by atoms with Crippen LogP contribution in [0.2, 0.25) is 0 Å². The van der Waals surface area contributed by atoms with E-state index < -0.39 is 15.6 Å². The van der Waals surface area contributed by atoms with Crippen molar-refractivity contribution < 1.29 is 13.2 Å². The molecule has 0 aliphatic heterocycles. The molecular formula is C21H28N2O3S. The molecule has 2 aromatic rings. The van der Waals surface area contributed by atoms with Gasteiger partial charge in [-0.3, -0.25) is 4.79 Å². The molecule has 0 bridgehead atoms. The average Bonchev–Trinajstić information content (AvgIpc) is 2.59. The molecule has 0 saturated heterocycles. The van der Waals surface area contributed by atoms with Crippen molar-refractivity contribution in [2.24, 2.45) is 0 Å². The third-order valence-electron chi connectivity index (χ3n) is 3.96. The largest absolute Gasteiger partial charge is 0.326 e. The molecule has 0 aliphatic rings. The zero-order valence-corrected chi connectivity index (χ0v) is 17.2. The third kappa shape index (κ3) is 6.81. The van der Waals surface area contributed by atoms with Crippen molar-refractivity contribution in [2.75, 3.05) is 5.32 Å². The van der Waals surface area contributed by atoms with Gasteiger partial charge in [-0.2, -0.15) is 0 Å². The van der Waals surface area contributed by atoms with Crippen LogP contribution in [0.3, 0.4) is 0 Å². The van der Waals surface area contributed by atoms with Crippen molar-refractivity contribution in [3.05, 3.63) is 59.7 Å². The van der Waals surface area contributed by atoms with Crippen LogP contribution in [0.25, 0.3) is 0 Å². The molecule has 0 atom stereocenters. The number of carbonyl (C=O) groups excluding carboxylic acids is 1. The highest BCUT2D eigenvalue weighted by molar-refractivity contribution is 7.89. The fraction of sp³-hybridized carbons (Fsp3) is 0.381. The number of aryl methyl sites for hydroxylation is 2. The van der Waals surface area contributed by atoms with E-state index in [-0.39, 0.29) is 10.8 Å². The van der Waals surface area contributed by atoms with E-state index in [9.17, 15) is 13.2 Å². The summed E-state index contributed by atoms with van der Waals surface area (Å²) >= 11 is 0. The van der Waals surface area contributed by atoms with Gasteiger partial charge in [-0.1, -0.05) is 31.2 Å². The molecule has 0 radical (unpaired) electrons. The number of rotatable bonds is 7. The highest BCUT2D eigenvalue weighted by Gasteiger charge is 2.21. The molecule has 1 amide bonds. The first-order valence-electron chi connectivity index (χ1n) is 9.11. The van der Waals surface area contributed by atoms with Crippen LogP contribution in [0.1, 0.15) is 45.2 Å². The highest BCUT2D eigenvalue weighted by atomic mass is 32.2. The highest BCUT2D eigenvalue weighted by Crippen LogP contribution is 2.15. The fourth-order valence-electron chi connectivity index (χ4n) is 2.60. The van der Waals surface area contributed by atoms with Gasteiger partial charge in [-0.25, -0.2) is 13.1 Å². The van der Waals surface area contributed by atoms with Crippen molar-refractivity contribution in [1.82, 2.24) is 4.72 Å². The summed E-state index contributed by atoms with van der Waals surface area (Å²) in [5.74, 6) is -0.0645. The predicted octanol–water partition coefficient (Wildman–Crippen LogP) is 3.90. The van der Waals surface area contributed by atoms with Gasteiger partial charge in [0, 0.05) is 17.6 Å². The Morgan fingerprint density at radius 3 is 2.00 bits per heavy atom. The molecule has 146 valence electrons. The van der Waals surface area contributed by atoms with E-state index in [0.29, 0.717) is 12.8 Å². The Kier molecular flexibility index (Phi) is 6.78. The van der Waals surface area contributed by atoms with Crippen molar-refractivity contribution in [3.63, 3.8) is 0 Å². The number of benzene rings is 2. The second-order valence-electron chi connectivity index (χ2n) is 7.60. The number of hydrogen-bond acceptors (Lipinski definition) is 3. The lowest BCUT2D eigenvalue weighted by Crippen LogP contribution is -2.40. The number of sulfonamides is 1. The van der Waals surface area contributed by atoms with Gasteiger partial charge in [0.25, 0.3) is 0 Å². The van der Waals surface area contributed by atoms with Crippen LogP contribution in [0.15, 0.2) is 53.4 Å². The Morgan fingerprint density at radius 2 is 1.48 bits per heavy atom. The summed E-state index contributed by atoms with van der Waals surface area (Å²) in [5, 5.41) is 2.88. The second kappa shape index (κ2) is 8.67. The van der Waals surface area contributed by atoms with Gasteiger partial charge >= 0.3 is 0 Å². The van der Waals surface area contributed by atoms with E-state index in [1.807, 2.05) is 24.3 Å². The molecule has 2 N–H and O–H groups in total. The van der Waals surface area contributed by atoms with Crippen LogP contribution in [0.5, 0.6) is 0 Å². The minimum absolute atomic E-state index is 0.0645. The number of nitrogens with one attached hydrogen (secondary N) is 2. The summed E-state index contributed by atoms with van der Waals surface area (Å²) < 4.78 is 27.2. The molecule has 27 heavy (non-hydrogen) atoms. The van der Waals surface area contributed by atoms with Gasteiger partial charge in [0.1, 0.15) is 0 Å². The van der Waals surface area contributed by atoms with Crippen molar-refractivity contribution in [1.29, 1.82) is 0 Å². The van der Waals surface area contributed by atoms with Gasteiger partial charge in [-0.05, 0) is 69.0 Å². The Hall–Kier alpha value is -2.18. The first-order chi connectivity index (χ1) is 12.6. The summed E-state index contributed by atoms with van der Waals surface area (Å²) in [4.78, 5) is 12.3. The zero-order chi connectivity index (χ0) is 20.1. The van der Waals surface area contributed by atoms with E-state index in [2.05, 4.69) is 17.0 Å². The maximum Gasteiger partial charge on any atom is 0.241 e. The number of carbonyl (C=O) groups is 1. The molecule has 0 aromatic heterocycles. The molecule has 2 rings (SSSR count). The molecular weight excluding hydrogens is 360 g/mol. The summed E-state index contributed by atoms with van der Waals surface area (Å²) in [7, 11) is -3.54. The topological polar surface area (TPSA) is 75.3 Å². The first-order valence-corrected chi connectivity index (χ1v) is 10.6. The number of hydrogen-bond donors (Lipinski definition) is 2. The first kappa shape index (κ1) is 21.1. The standard InChI is InChI=1S/C21H28N2O3S/c1-5-16-6-11-18(12-7-16)22-20(24)15-10-17-8-13-19(14-9-17)27(25,26)23-21(2,3)4/h6-9,11-14,23H,5,10,15H2,1-4H3,(H,22,24). The lowest BCUT2D eigenvalue weighted by Gasteiger charge is -2.20. The normalized spacial score (nSPS) is 12.0. The Labute approximate surface area is 162 Å². The van der Waals surface area contributed by atoms with E-state index in [4.69, 9.17) is 0 Å². The van der Waals surface area contributed by atoms with Crippen molar-refractivity contribution in [2.45, 2.75) is 57.4 Å². The van der Waals surface area contributed by atoms with Crippen molar-refractivity contribution in [3.8, 4) is 0 Å². The molecule has 2 aromatic carbocycles. The lowest BCUT2D eigenvalue weighted by atomic mass is 10.1. The quantitative estimate of drug-likeness (QED) is 0.755. The molecule has 0 heterocycles. The van der Waals surface area contributed by atoms with E-state index in [1.54, 1.807) is 45.0 Å². The van der Waals surface area contributed by atoms with Crippen molar-refractivity contribution >= 4 is 21.6 Å². The smallest absolute Gasteiger partial charge is 0.241 e. The molecule has 0 unspecified atom stereocenters. The monoisotopic (exact) mass is 388 g/mol. The maximum absolute atomic E-state index is 12.3.